The fourth-order valence-electron chi connectivity index (χ4n) is 2.81. The zero-order chi connectivity index (χ0) is 17.2. The number of anilines is 1. The van der Waals surface area contributed by atoms with Crippen molar-refractivity contribution < 1.29 is 9.32 Å². The number of nitrogens with zero attached hydrogens (tertiary/aromatic N) is 1. The highest BCUT2D eigenvalue weighted by molar-refractivity contribution is 6.07. The van der Waals surface area contributed by atoms with E-state index in [0.717, 1.165) is 27.7 Å². The average Bonchev–Trinajstić information content (AvgIpc) is 3.05. The molecule has 1 N–H and O–H groups in total. The van der Waals surface area contributed by atoms with Crippen molar-refractivity contribution in [3.8, 4) is 11.3 Å². The lowest BCUT2D eigenvalue weighted by atomic mass is 10.1. The zero-order valence-electron chi connectivity index (χ0n) is 13.7. The Labute approximate surface area is 145 Å². The number of aryl methyl sites for hydroxylation is 1. The molecule has 1 heterocycles. The lowest BCUT2D eigenvalue weighted by Gasteiger charge is -2.06. The van der Waals surface area contributed by atoms with Crippen LogP contribution in [0.3, 0.4) is 0 Å². The summed E-state index contributed by atoms with van der Waals surface area (Å²) in [5.41, 5.74) is 4.10. The molecule has 0 atom stereocenters. The minimum absolute atomic E-state index is 0.160. The zero-order valence-corrected chi connectivity index (χ0v) is 13.7. The summed E-state index contributed by atoms with van der Waals surface area (Å²) in [4.78, 5) is 12.6. The van der Waals surface area contributed by atoms with Crippen molar-refractivity contribution in [1.29, 1.82) is 0 Å². The van der Waals surface area contributed by atoms with Crippen LogP contribution in [0.5, 0.6) is 0 Å². The Morgan fingerprint density at radius 3 is 2.60 bits per heavy atom. The largest absolute Gasteiger partial charge is 0.355 e. The van der Waals surface area contributed by atoms with Crippen molar-refractivity contribution in [1.82, 2.24) is 5.16 Å². The van der Waals surface area contributed by atoms with E-state index in [1.807, 2.05) is 67.6 Å². The van der Waals surface area contributed by atoms with Crippen LogP contribution in [-0.4, -0.2) is 11.1 Å². The summed E-state index contributed by atoms with van der Waals surface area (Å²) < 4.78 is 5.49. The van der Waals surface area contributed by atoms with Crippen LogP contribution in [-0.2, 0) is 0 Å². The molecular weight excluding hydrogens is 312 g/mol. The maximum Gasteiger partial charge on any atom is 0.255 e. The van der Waals surface area contributed by atoms with Crippen molar-refractivity contribution in [2.24, 2.45) is 0 Å². The number of rotatable bonds is 3. The fraction of sp³-hybridized carbons (Fsp3) is 0.0476. The number of amides is 1. The van der Waals surface area contributed by atoms with E-state index < -0.39 is 0 Å². The third kappa shape index (κ3) is 3.02. The second-order valence-corrected chi connectivity index (χ2v) is 5.93. The predicted octanol–water partition coefficient (Wildman–Crippen LogP) is 5.06. The number of aromatic nitrogens is 1. The van der Waals surface area contributed by atoms with E-state index in [1.165, 1.54) is 0 Å². The first-order chi connectivity index (χ1) is 12.2. The van der Waals surface area contributed by atoms with Crippen molar-refractivity contribution >= 4 is 22.5 Å². The average molecular weight is 328 g/mol. The molecule has 4 rings (SSSR count). The van der Waals surface area contributed by atoms with E-state index in [4.69, 9.17) is 4.52 Å². The van der Waals surface area contributed by atoms with Gasteiger partial charge in [-0.25, -0.2) is 0 Å². The van der Waals surface area contributed by atoms with Gasteiger partial charge in [0.25, 0.3) is 5.91 Å². The normalized spacial score (nSPS) is 10.8. The first-order valence-corrected chi connectivity index (χ1v) is 8.03. The van der Waals surface area contributed by atoms with Crippen molar-refractivity contribution in [3.05, 3.63) is 83.9 Å². The smallest absolute Gasteiger partial charge is 0.255 e. The predicted molar refractivity (Wildman–Crippen MR) is 98.6 cm³/mol. The molecule has 3 aromatic carbocycles. The summed E-state index contributed by atoms with van der Waals surface area (Å²) in [5, 5.41) is 7.83. The highest BCUT2D eigenvalue weighted by atomic mass is 16.5. The number of hydrogen-bond acceptors (Lipinski definition) is 3. The van der Waals surface area contributed by atoms with Gasteiger partial charge < -0.3 is 9.84 Å². The van der Waals surface area contributed by atoms with Crippen LogP contribution in [0.15, 0.2) is 77.3 Å². The summed E-state index contributed by atoms with van der Waals surface area (Å²) in [6.45, 7) is 1.99. The first-order valence-electron chi connectivity index (χ1n) is 8.03. The van der Waals surface area contributed by atoms with Gasteiger partial charge in [-0.05, 0) is 42.8 Å². The van der Waals surface area contributed by atoms with Gasteiger partial charge in [0, 0.05) is 16.8 Å². The lowest BCUT2D eigenvalue weighted by molar-refractivity contribution is 0.102. The van der Waals surface area contributed by atoms with Gasteiger partial charge >= 0.3 is 0 Å². The van der Waals surface area contributed by atoms with E-state index in [0.29, 0.717) is 11.3 Å². The Morgan fingerprint density at radius 1 is 0.960 bits per heavy atom. The van der Waals surface area contributed by atoms with Crippen molar-refractivity contribution in [2.75, 3.05) is 5.32 Å². The molecule has 0 saturated heterocycles. The Bertz CT molecular complexity index is 1050. The summed E-state index contributed by atoms with van der Waals surface area (Å²) >= 11 is 0. The quantitative estimate of drug-likeness (QED) is 0.572. The van der Waals surface area contributed by atoms with Gasteiger partial charge in [-0.2, -0.15) is 0 Å². The molecule has 0 saturated carbocycles. The van der Waals surface area contributed by atoms with Crippen LogP contribution in [0.2, 0.25) is 0 Å². The molecule has 4 heteroatoms. The van der Waals surface area contributed by atoms with E-state index in [9.17, 15) is 4.79 Å². The Hall–Kier alpha value is -3.40. The van der Waals surface area contributed by atoms with Gasteiger partial charge in [0.15, 0.2) is 5.76 Å². The highest BCUT2D eigenvalue weighted by Gasteiger charge is 2.14. The Kier molecular flexibility index (Phi) is 3.78. The number of carbonyl (C=O) groups is 1. The Morgan fingerprint density at radius 2 is 1.80 bits per heavy atom. The van der Waals surface area contributed by atoms with Crippen LogP contribution in [0.25, 0.3) is 22.2 Å². The fourth-order valence-corrected chi connectivity index (χ4v) is 2.81. The van der Waals surface area contributed by atoms with Crippen LogP contribution < -0.4 is 5.32 Å². The van der Waals surface area contributed by atoms with Gasteiger partial charge in [0.1, 0.15) is 5.52 Å². The number of benzene rings is 3. The molecule has 0 aliphatic heterocycles. The first kappa shape index (κ1) is 15.1. The topological polar surface area (TPSA) is 55.1 Å². The van der Waals surface area contributed by atoms with Crippen molar-refractivity contribution in [3.63, 3.8) is 0 Å². The SMILES string of the molecule is Cc1cccc(NC(=O)c2ccc3noc(-c4ccccc4)c3c2)c1. The van der Waals surface area contributed by atoms with Crippen LogP contribution in [0, 0.1) is 6.92 Å². The number of nitrogens with one attached hydrogen (secondary N) is 1. The van der Waals surface area contributed by atoms with Gasteiger partial charge in [-0.3, -0.25) is 4.79 Å². The molecule has 0 bridgehead atoms. The number of fused-ring (bicyclic) bond motifs is 1. The maximum absolute atomic E-state index is 12.6. The molecule has 122 valence electrons. The lowest BCUT2D eigenvalue weighted by Crippen LogP contribution is -2.11. The monoisotopic (exact) mass is 328 g/mol. The minimum atomic E-state index is -0.160. The molecule has 0 fully saturated rings. The number of carbonyl (C=O) groups excluding carboxylic acids is 1. The summed E-state index contributed by atoms with van der Waals surface area (Å²) in [7, 11) is 0. The highest BCUT2D eigenvalue weighted by Crippen LogP contribution is 2.29. The molecule has 0 aliphatic carbocycles. The molecule has 0 unspecified atom stereocenters. The third-order valence-corrected chi connectivity index (χ3v) is 4.05. The van der Waals surface area contributed by atoms with Gasteiger partial charge in [0.05, 0.1) is 5.39 Å². The molecule has 4 aromatic rings. The second kappa shape index (κ2) is 6.24. The molecule has 25 heavy (non-hydrogen) atoms. The van der Waals surface area contributed by atoms with E-state index >= 15 is 0 Å². The van der Waals surface area contributed by atoms with Crippen LogP contribution >= 0.6 is 0 Å². The van der Waals surface area contributed by atoms with Gasteiger partial charge in [-0.1, -0.05) is 47.6 Å². The van der Waals surface area contributed by atoms with Gasteiger partial charge in [0.2, 0.25) is 0 Å². The number of hydrogen-bond donors (Lipinski definition) is 1. The molecular formula is C21H16N2O2. The van der Waals surface area contributed by atoms with E-state index in [1.54, 1.807) is 12.1 Å². The molecule has 0 aliphatic rings. The second-order valence-electron chi connectivity index (χ2n) is 5.93. The molecule has 4 nitrogen and oxygen atoms in total. The summed E-state index contributed by atoms with van der Waals surface area (Å²) in [6, 6.07) is 22.8. The van der Waals surface area contributed by atoms with Crippen LogP contribution in [0.4, 0.5) is 5.69 Å². The molecule has 0 radical (unpaired) electrons. The van der Waals surface area contributed by atoms with Gasteiger partial charge in [-0.15, -0.1) is 0 Å². The third-order valence-electron chi connectivity index (χ3n) is 4.05. The molecule has 0 spiro atoms. The van der Waals surface area contributed by atoms with Crippen molar-refractivity contribution in [2.45, 2.75) is 6.92 Å². The van der Waals surface area contributed by atoms with Crippen LogP contribution in [0.1, 0.15) is 15.9 Å². The minimum Gasteiger partial charge on any atom is -0.355 e. The standard InChI is InChI=1S/C21H16N2O2/c1-14-6-5-9-17(12-14)22-21(24)16-10-11-19-18(13-16)20(25-23-19)15-7-3-2-4-8-15/h2-13H,1H3,(H,22,24). The van der Waals surface area contributed by atoms with E-state index in [-0.39, 0.29) is 5.91 Å². The Balaban J connectivity index is 1.70. The molecule has 1 amide bonds. The summed E-state index contributed by atoms with van der Waals surface area (Å²) in [5.74, 6) is 0.508. The summed E-state index contributed by atoms with van der Waals surface area (Å²) in [6.07, 6.45) is 0. The van der Waals surface area contributed by atoms with E-state index in [2.05, 4.69) is 10.5 Å². The maximum atomic E-state index is 12.6. The molecule has 1 aromatic heterocycles.